The molecule has 6 heteroatoms. The topological polar surface area (TPSA) is 45.9 Å². The minimum atomic E-state index is 0.0684. The highest BCUT2D eigenvalue weighted by Crippen LogP contribution is 2.25. The van der Waals surface area contributed by atoms with E-state index in [1.807, 2.05) is 11.0 Å². The Labute approximate surface area is 139 Å². The van der Waals surface area contributed by atoms with Crippen LogP contribution < -0.4 is 0 Å². The molecule has 23 heavy (non-hydrogen) atoms. The third kappa shape index (κ3) is 3.20. The van der Waals surface area contributed by atoms with Gasteiger partial charge in [0.25, 0.3) is 5.91 Å². The van der Waals surface area contributed by atoms with Crippen molar-refractivity contribution in [1.82, 2.24) is 9.80 Å². The SMILES string of the molecule is O=C(c1coc(CN2CCOCC2)c1)N1CCc2sccc2C1. The molecule has 0 radical (unpaired) electrons. The molecule has 4 rings (SSSR count). The average molecular weight is 332 g/mol. The van der Waals surface area contributed by atoms with Gasteiger partial charge in [-0.2, -0.15) is 0 Å². The third-order valence-corrected chi connectivity index (χ3v) is 5.50. The number of morpholine rings is 1. The fraction of sp³-hybridized carbons (Fsp3) is 0.471. The minimum Gasteiger partial charge on any atom is -0.467 e. The Morgan fingerprint density at radius 1 is 1.26 bits per heavy atom. The predicted octanol–water partition coefficient (Wildman–Crippen LogP) is 2.37. The van der Waals surface area contributed by atoms with E-state index in [1.165, 1.54) is 10.4 Å². The van der Waals surface area contributed by atoms with Crippen molar-refractivity contribution in [3.05, 3.63) is 45.5 Å². The second-order valence-corrected chi connectivity index (χ2v) is 7.04. The van der Waals surface area contributed by atoms with Crippen LogP contribution in [-0.4, -0.2) is 48.6 Å². The van der Waals surface area contributed by atoms with Crippen LogP contribution in [0.2, 0.25) is 0 Å². The van der Waals surface area contributed by atoms with Crippen molar-refractivity contribution in [1.29, 1.82) is 0 Å². The molecule has 4 heterocycles. The van der Waals surface area contributed by atoms with E-state index < -0.39 is 0 Å². The van der Waals surface area contributed by atoms with Gasteiger partial charge in [0.05, 0.1) is 25.3 Å². The molecule has 1 fully saturated rings. The number of hydrogen-bond acceptors (Lipinski definition) is 5. The highest BCUT2D eigenvalue weighted by molar-refractivity contribution is 7.10. The summed E-state index contributed by atoms with van der Waals surface area (Å²) in [6, 6.07) is 4.01. The Kier molecular flexibility index (Phi) is 4.20. The van der Waals surface area contributed by atoms with Gasteiger partial charge in [-0.05, 0) is 29.5 Å². The maximum absolute atomic E-state index is 12.7. The normalized spacial score (nSPS) is 18.9. The monoisotopic (exact) mass is 332 g/mol. The number of carbonyl (C=O) groups excluding carboxylic acids is 1. The van der Waals surface area contributed by atoms with Crippen LogP contribution in [-0.2, 0) is 24.2 Å². The summed E-state index contributed by atoms with van der Waals surface area (Å²) in [5.41, 5.74) is 1.94. The number of amides is 1. The van der Waals surface area contributed by atoms with Crippen LogP contribution >= 0.6 is 11.3 Å². The number of rotatable bonds is 3. The van der Waals surface area contributed by atoms with Gasteiger partial charge in [-0.3, -0.25) is 9.69 Å². The molecule has 0 unspecified atom stereocenters. The van der Waals surface area contributed by atoms with E-state index in [1.54, 1.807) is 17.6 Å². The zero-order valence-electron chi connectivity index (χ0n) is 13.0. The van der Waals surface area contributed by atoms with Crippen LogP contribution in [0, 0.1) is 0 Å². The number of hydrogen-bond donors (Lipinski definition) is 0. The summed E-state index contributed by atoms with van der Waals surface area (Å²) in [6.45, 7) is 5.60. The van der Waals surface area contributed by atoms with Crippen LogP contribution in [0.4, 0.5) is 0 Å². The molecule has 0 aliphatic carbocycles. The second kappa shape index (κ2) is 6.47. The van der Waals surface area contributed by atoms with Crippen molar-refractivity contribution in [3.63, 3.8) is 0 Å². The van der Waals surface area contributed by atoms with Gasteiger partial charge in [-0.15, -0.1) is 11.3 Å². The lowest BCUT2D eigenvalue weighted by atomic mass is 10.1. The third-order valence-electron chi connectivity index (χ3n) is 4.48. The van der Waals surface area contributed by atoms with Crippen molar-refractivity contribution < 1.29 is 13.9 Å². The maximum Gasteiger partial charge on any atom is 0.257 e. The first-order valence-electron chi connectivity index (χ1n) is 8.01. The molecule has 1 saturated heterocycles. The van der Waals surface area contributed by atoms with Gasteiger partial charge in [-0.1, -0.05) is 0 Å². The van der Waals surface area contributed by atoms with E-state index in [-0.39, 0.29) is 5.91 Å². The van der Waals surface area contributed by atoms with Gasteiger partial charge >= 0.3 is 0 Å². The summed E-state index contributed by atoms with van der Waals surface area (Å²) in [4.78, 5) is 18.3. The summed E-state index contributed by atoms with van der Waals surface area (Å²) >= 11 is 1.79. The van der Waals surface area contributed by atoms with Crippen molar-refractivity contribution in [3.8, 4) is 0 Å². The largest absolute Gasteiger partial charge is 0.467 e. The molecule has 122 valence electrons. The minimum absolute atomic E-state index is 0.0684. The van der Waals surface area contributed by atoms with Crippen LogP contribution in [0.5, 0.6) is 0 Å². The van der Waals surface area contributed by atoms with E-state index in [9.17, 15) is 4.79 Å². The van der Waals surface area contributed by atoms with Gasteiger partial charge in [0, 0.05) is 31.1 Å². The first-order chi connectivity index (χ1) is 11.3. The Balaban J connectivity index is 1.41. The predicted molar refractivity (Wildman–Crippen MR) is 87.6 cm³/mol. The van der Waals surface area contributed by atoms with E-state index in [0.717, 1.165) is 51.6 Å². The lowest BCUT2D eigenvalue weighted by Gasteiger charge is -2.26. The molecule has 0 aromatic carbocycles. The van der Waals surface area contributed by atoms with E-state index >= 15 is 0 Å². The van der Waals surface area contributed by atoms with Crippen LogP contribution in [0.3, 0.4) is 0 Å². The van der Waals surface area contributed by atoms with Crippen molar-refractivity contribution in [2.24, 2.45) is 0 Å². The quantitative estimate of drug-likeness (QED) is 0.866. The van der Waals surface area contributed by atoms with Gasteiger partial charge in [0.1, 0.15) is 12.0 Å². The summed E-state index contributed by atoms with van der Waals surface area (Å²) < 4.78 is 11.0. The van der Waals surface area contributed by atoms with Crippen molar-refractivity contribution >= 4 is 17.2 Å². The fourth-order valence-electron chi connectivity index (χ4n) is 3.16. The summed E-state index contributed by atoms with van der Waals surface area (Å²) in [6.07, 6.45) is 2.55. The summed E-state index contributed by atoms with van der Waals surface area (Å²) in [5.74, 6) is 0.919. The molecule has 0 N–H and O–H groups in total. The number of fused-ring (bicyclic) bond motifs is 1. The maximum atomic E-state index is 12.7. The molecule has 0 spiro atoms. The Bertz CT molecular complexity index is 688. The summed E-state index contributed by atoms with van der Waals surface area (Å²) in [7, 11) is 0. The molecule has 0 atom stereocenters. The van der Waals surface area contributed by atoms with Gasteiger partial charge < -0.3 is 14.1 Å². The second-order valence-electron chi connectivity index (χ2n) is 6.04. The number of carbonyl (C=O) groups is 1. The molecule has 5 nitrogen and oxygen atoms in total. The Hall–Kier alpha value is -1.63. The number of ether oxygens (including phenoxy) is 1. The van der Waals surface area contributed by atoms with Gasteiger partial charge in [0.2, 0.25) is 0 Å². The van der Waals surface area contributed by atoms with Gasteiger partial charge in [-0.25, -0.2) is 0 Å². The lowest BCUT2D eigenvalue weighted by Crippen LogP contribution is -2.35. The molecule has 2 aromatic rings. The first-order valence-corrected chi connectivity index (χ1v) is 8.89. The average Bonchev–Trinajstić information content (AvgIpc) is 3.23. The Morgan fingerprint density at radius 2 is 2.13 bits per heavy atom. The first kappa shape index (κ1) is 14.9. The van der Waals surface area contributed by atoms with Crippen LogP contribution in [0.1, 0.15) is 26.6 Å². The van der Waals surface area contributed by atoms with Gasteiger partial charge in [0.15, 0.2) is 0 Å². The fourth-order valence-corrected chi connectivity index (χ4v) is 4.05. The number of nitrogens with zero attached hydrogens (tertiary/aromatic N) is 2. The highest BCUT2D eigenvalue weighted by atomic mass is 32.1. The zero-order valence-corrected chi connectivity index (χ0v) is 13.8. The number of furan rings is 1. The highest BCUT2D eigenvalue weighted by Gasteiger charge is 2.24. The number of thiophene rings is 1. The van der Waals surface area contributed by atoms with Crippen LogP contribution in [0.25, 0.3) is 0 Å². The molecule has 0 saturated carbocycles. The summed E-state index contributed by atoms with van der Waals surface area (Å²) in [5, 5.41) is 2.11. The Morgan fingerprint density at radius 3 is 3.00 bits per heavy atom. The zero-order chi connectivity index (χ0) is 15.6. The molecular formula is C17H20N2O3S. The molecule has 2 aliphatic heterocycles. The molecular weight excluding hydrogens is 312 g/mol. The smallest absolute Gasteiger partial charge is 0.257 e. The molecule has 1 amide bonds. The van der Waals surface area contributed by atoms with E-state index in [2.05, 4.69) is 16.3 Å². The lowest BCUT2D eigenvalue weighted by molar-refractivity contribution is 0.0313. The van der Waals surface area contributed by atoms with E-state index in [4.69, 9.17) is 9.15 Å². The standard InChI is InChI=1S/C17H20N2O3S/c20-17(19-3-1-16-13(10-19)2-8-23-16)14-9-15(22-12-14)11-18-4-6-21-7-5-18/h2,8-9,12H,1,3-7,10-11H2. The molecule has 0 bridgehead atoms. The molecule has 2 aromatic heterocycles. The van der Waals surface area contributed by atoms with Crippen molar-refractivity contribution in [2.75, 3.05) is 32.8 Å². The van der Waals surface area contributed by atoms with Crippen LogP contribution in [0.15, 0.2) is 28.2 Å². The van der Waals surface area contributed by atoms with Crippen molar-refractivity contribution in [2.45, 2.75) is 19.5 Å². The molecule has 2 aliphatic rings. The van der Waals surface area contributed by atoms with E-state index in [0.29, 0.717) is 12.1 Å².